The van der Waals surface area contributed by atoms with E-state index in [0.29, 0.717) is 11.7 Å². The first-order chi connectivity index (χ1) is 16.3. The summed E-state index contributed by atoms with van der Waals surface area (Å²) >= 11 is 0. The van der Waals surface area contributed by atoms with Crippen LogP contribution in [0.5, 0.6) is 0 Å². The Balaban J connectivity index is 1.52. The molecule has 1 fully saturated rings. The molecule has 0 saturated heterocycles. The summed E-state index contributed by atoms with van der Waals surface area (Å²) in [5.41, 5.74) is 1.97. The summed E-state index contributed by atoms with van der Waals surface area (Å²) in [6.07, 6.45) is 4.95. The van der Waals surface area contributed by atoms with Crippen molar-refractivity contribution in [3.63, 3.8) is 0 Å². The minimum atomic E-state index is -3.77. The van der Waals surface area contributed by atoms with E-state index in [1.54, 1.807) is 23.1 Å². The van der Waals surface area contributed by atoms with E-state index in [2.05, 4.69) is 10.1 Å². The lowest BCUT2D eigenvalue weighted by Gasteiger charge is -2.34. The molecule has 0 radical (unpaired) electrons. The number of benzene rings is 2. The van der Waals surface area contributed by atoms with Gasteiger partial charge >= 0.3 is 0 Å². The molecule has 1 amide bonds. The number of amides is 1. The highest BCUT2D eigenvalue weighted by atomic mass is 32.2. The van der Waals surface area contributed by atoms with Crippen LogP contribution < -0.4 is 0 Å². The molecule has 0 aliphatic heterocycles. The molecule has 1 aliphatic rings. The Bertz CT molecular complexity index is 1200. The Morgan fingerprint density at radius 2 is 1.71 bits per heavy atom. The summed E-state index contributed by atoms with van der Waals surface area (Å²) in [5, 5.41) is 4.08. The molecule has 1 saturated carbocycles. The van der Waals surface area contributed by atoms with E-state index in [-0.39, 0.29) is 29.9 Å². The summed E-state index contributed by atoms with van der Waals surface area (Å²) < 4.78 is 32.4. The van der Waals surface area contributed by atoms with E-state index in [9.17, 15) is 13.2 Å². The number of likely N-dealkylation sites (N-methyl/N-ethyl adjacent to an activating group) is 1. The predicted octanol–water partition coefficient (Wildman–Crippen LogP) is 4.03. The van der Waals surface area contributed by atoms with Crippen LogP contribution in [0.2, 0.25) is 0 Å². The van der Waals surface area contributed by atoms with Crippen molar-refractivity contribution >= 4 is 15.9 Å². The van der Waals surface area contributed by atoms with Crippen molar-refractivity contribution in [3.05, 3.63) is 66.1 Å². The van der Waals surface area contributed by atoms with Gasteiger partial charge in [0.2, 0.25) is 27.6 Å². The fourth-order valence-corrected chi connectivity index (χ4v) is 5.38. The minimum absolute atomic E-state index is 0.0174. The van der Waals surface area contributed by atoms with Gasteiger partial charge in [-0.2, -0.15) is 9.29 Å². The van der Waals surface area contributed by atoms with Crippen LogP contribution in [0, 0.1) is 6.92 Å². The van der Waals surface area contributed by atoms with Crippen molar-refractivity contribution in [1.82, 2.24) is 19.3 Å². The first kappa shape index (κ1) is 24.1. The van der Waals surface area contributed by atoms with Gasteiger partial charge in [-0.25, -0.2) is 8.42 Å². The zero-order chi connectivity index (χ0) is 24.1. The van der Waals surface area contributed by atoms with Crippen LogP contribution in [-0.4, -0.2) is 53.3 Å². The van der Waals surface area contributed by atoms with Crippen LogP contribution in [-0.2, 0) is 21.4 Å². The van der Waals surface area contributed by atoms with E-state index in [0.717, 1.165) is 47.5 Å². The van der Waals surface area contributed by atoms with Crippen LogP contribution in [0.1, 0.15) is 43.6 Å². The number of rotatable bonds is 8. The van der Waals surface area contributed by atoms with Crippen molar-refractivity contribution in [3.8, 4) is 11.4 Å². The standard InChI is InChI=1S/C25H30N4O4S/c1-19-13-15-20(16-14-19)25-26-23(33-27-25)17-29(21-9-5-3-6-10-21)24(30)18-28(2)34(31,32)22-11-7-4-8-12-22/h4,7-8,11-16,21H,3,5-6,9-10,17-18H2,1-2H3. The van der Waals surface area contributed by atoms with E-state index in [1.165, 1.54) is 19.2 Å². The Labute approximate surface area is 200 Å². The van der Waals surface area contributed by atoms with Gasteiger partial charge in [-0.05, 0) is 31.9 Å². The quantitative estimate of drug-likeness (QED) is 0.481. The average Bonchev–Trinajstić information content (AvgIpc) is 3.32. The van der Waals surface area contributed by atoms with Gasteiger partial charge in [0.25, 0.3) is 0 Å². The number of nitrogens with zero attached hydrogens (tertiary/aromatic N) is 4. The molecule has 180 valence electrons. The molecule has 1 aromatic heterocycles. The summed E-state index contributed by atoms with van der Waals surface area (Å²) in [6, 6.07) is 16.0. The van der Waals surface area contributed by atoms with Crippen LogP contribution in [0.15, 0.2) is 64.0 Å². The van der Waals surface area contributed by atoms with Gasteiger partial charge in [0.15, 0.2) is 0 Å². The van der Waals surface area contributed by atoms with Gasteiger partial charge in [-0.1, -0.05) is 72.4 Å². The topological polar surface area (TPSA) is 96.6 Å². The Hall–Kier alpha value is -3.04. The maximum atomic E-state index is 13.4. The zero-order valence-corrected chi connectivity index (χ0v) is 20.4. The molecule has 0 spiro atoms. The van der Waals surface area contributed by atoms with Gasteiger partial charge in [0.1, 0.15) is 6.54 Å². The molecule has 0 atom stereocenters. The van der Waals surface area contributed by atoms with E-state index in [1.807, 2.05) is 31.2 Å². The zero-order valence-electron chi connectivity index (χ0n) is 19.6. The lowest BCUT2D eigenvalue weighted by atomic mass is 9.94. The average molecular weight is 483 g/mol. The van der Waals surface area contributed by atoms with E-state index in [4.69, 9.17) is 4.52 Å². The smallest absolute Gasteiger partial charge is 0.246 e. The molecule has 9 heteroatoms. The molecule has 0 N–H and O–H groups in total. The van der Waals surface area contributed by atoms with Crippen LogP contribution in [0.25, 0.3) is 11.4 Å². The summed E-state index contributed by atoms with van der Waals surface area (Å²) in [4.78, 5) is 19.8. The highest BCUT2D eigenvalue weighted by Gasteiger charge is 2.31. The second kappa shape index (κ2) is 10.5. The molecule has 1 heterocycles. The van der Waals surface area contributed by atoms with Crippen LogP contribution in [0.4, 0.5) is 0 Å². The molecule has 0 unspecified atom stereocenters. The van der Waals surface area contributed by atoms with Gasteiger partial charge in [0, 0.05) is 18.7 Å². The number of hydrogen-bond acceptors (Lipinski definition) is 6. The van der Waals surface area contributed by atoms with Crippen molar-refractivity contribution in [2.45, 2.75) is 56.5 Å². The minimum Gasteiger partial charge on any atom is -0.337 e. The van der Waals surface area contributed by atoms with Crippen molar-refractivity contribution in [2.24, 2.45) is 0 Å². The number of aryl methyl sites for hydroxylation is 1. The molecular weight excluding hydrogens is 452 g/mol. The third kappa shape index (κ3) is 5.53. The Morgan fingerprint density at radius 3 is 2.38 bits per heavy atom. The second-order valence-corrected chi connectivity index (χ2v) is 10.8. The lowest BCUT2D eigenvalue weighted by molar-refractivity contribution is -0.135. The van der Waals surface area contributed by atoms with Gasteiger partial charge in [-0.3, -0.25) is 4.79 Å². The molecule has 3 aromatic rings. The van der Waals surface area contributed by atoms with E-state index < -0.39 is 10.0 Å². The Kier molecular flexibility index (Phi) is 7.43. The number of sulfonamides is 1. The molecule has 2 aromatic carbocycles. The molecule has 0 bridgehead atoms. The monoisotopic (exact) mass is 482 g/mol. The molecular formula is C25H30N4O4S. The Morgan fingerprint density at radius 1 is 1.03 bits per heavy atom. The first-order valence-corrected chi connectivity index (χ1v) is 13.0. The summed E-state index contributed by atoms with van der Waals surface area (Å²) in [7, 11) is -2.34. The number of hydrogen-bond donors (Lipinski definition) is 0. The SMILES string of the molecule is Cc1ccc(-c2noc(CN(C(=O)CN(C)S(=O)(=O)c3ccccc3)C3CCCCC3)n2)cc1. The molecule has 4 rings (SSSR count). The molecule has 1 aliphatic carbocycles. The fourth-order valence-electron chi connectivity index (χ4n) is 4.24. The largest absolute Gasteiger partial charge is 0.337 e. The summed E-state index contributed by atoms with van der Waals surface area (Å²) in [5.74, 6) is 0.530. The predicted molar refractivity (Wildman–Crippen MR) is 128 cm³/mol. The number of aromatic nitrogens is 2. The number of carbonyl (C=O) groups is 1. The second-order valence-electron chi connectivity index (χ2n) is 8.77. The fraction of sp³-hybridized carbons (Fsp3) is 0.400. The van der Waals surface area contributed by atoms with Crippen molar-refractivity contribution in [2.75, 3.05) is 13.6 Å². The number of carbonyl (C=O) groups excluding carboxylic acids is 1. The maximum Gasteiger partial charge on any atom is 0.246 e. The van der Waals surface area contributed by atoms with Crippen LogP contribution in [0.3, 0.4) is 0 Å². The third-order valence-electron chi connectivity index (χ3n) is 6.23. The molecule has 34 heavy (non-hydrogen) atoms. The first-order valence-electron chi connectivity index (χ1n) is 11.5. The van der Waals surface area contributed by atoms with Gasteiger partial charge in [0.05, 0.1) is 11.4 Å². The maximum absolute atomic E-state index is 13.4. The van der Waals surface area contributed by atoms with E-state index >= 15 is 0 Å². The van der Waals surface area contributed by atoms with Crippen LogP contribution >= 0.6 is 0 Å². The highest BCUT2D eigenvalue weighted by molar-refractivity contribution is 7.89. The van der Waals surface area contributed by atoms with Crippen molar-refractivity contribution < 1.29 is 17.7 Å². The third-order valence-corrected chi connectivity index (χ3v) is 8.05. The lowest BCUT2D eigenvalue weighted by Crippen LogP contribution is -2.46. The van der Waals surface area contributed by atoms with Gasteiger partial charge in [-0.15, -0.1) is 0 Å². The summed E-state index contributed by atoms with van der Waals surface area (Å²) in [6.45, 7) is 1.91. The van der Waals surface area contributed by atoms with Gasteiger partial charge < -0.3 is 9.42 Å². The highest BCUT2D eigenvalue weighted by Crippen LogP contribution is 2.25. The van der Waals surface area contributed by atoms with Crippen molar-refractivity contribution in [1.29, 1.82) is 0 Å². The molecule has 8 nitrogen and oxygen atoms in total. The normalized spacial score (nSPS) is 14.9.